The molecule has 1 N–H and O–H groups in total. The van der Waals surface area contributed by atoms with Crippen LogP contribution in [0.3, 0.4) is 0 Å². The number of amides is 1. The Balaban J connectivity index is 1.49. The SMILES string of the molecule is CCn1nc(C)c(CCNC(=O)C(C)C2CCN(S(=O)(=O)c3ccc(Cl)s3)CC2)c1C. The van der Waals surface area contributed by atoms with Crippen LogP contribution >= 0.6 is 22.9 Å². The Bertz CT molecular complexity index is 1020. The molecular weight excluding hydrogens is 456 g/mol. The predicted octanol–water partition coefficient (Wildman–Crippen LogP) is 3.63. The zero-order valence-electron chi connectivity index (χ0n) is 18.5. The summed E-state index contributed by atoms with van der Waals surface area (Å²) in [6.07, 6.45) is 2.11. The maximum absolute atomic E-state index is 12.8. The fourth-order valence-corrected chi connectivity index (χ4v) is 7.38. The van der Waals surface area contributed by atoms with Gasteiger partial charge in [0.05, 0.1) is 10.0 Å². The minimum atomic E-state index is -3.50. The van der Waals surface area contributed by atoms with E-state index in [0.29, 0.717) is 36.8 Å². The number of thiophene rings is 1. The molecule has 3 heterocycles. The van der Waals surface area contributed by atoms with E-state index in [0.717, 1.165) is 35.7 Å². The first-order chi connectivity index (χ1) is 14.6. The summed E-state index contributed by atoms with van der Waals surface area (Å²) < 4.78 is 29.7. The largest absolute Gasteiger partial charge is 0.356 e. The number of nitrogens with one attached hydrogen (secondary N) is 1. The molecule has 2 aromatic heterocycles. The molecule has 0 aliphatic carbocycles. The van der Waals surface area contributed by atoms with Crippen molar-refractivity contribution in [2.24, 2.45) is 11.8 Å². The molecule has 31 heavy (non-hydrogen) atoms. The number of piperidine rings is 1. The average molecular weight is 487 g/mol. The molecule has 1 amide bonds. The molecule has 1 atom stereocenters. The number of halogens is 1. The molecule has 7 nitrogen and oxygen atoms in total. The number of rotatable bonds is 8. The van der Waals surface area contributed by atoms with E-state index in [1.807, 2.05) is 18.5 Å². The summed E-state index contributed by atoms with van der Waals surface area (Å²) in [5, 5.41) is 7.59. The molecule has 0 bridgehead atoms. The van der Waals surface area contributed by atoms with Crippen molar-refractivity contribution in [3.8, 4) is 0 Å². The minimum absolute atomic E-state index is 0.0320. The molecule has 2 aromatic rings. The van der Waals surface area contributed by atoms with Crippen LogP contribution in [0.1, 0.15) is 43.6 Å². The van der Waals surface area contributed by atoms with Gasteiger partial charge in [-0.15, -0.1) is 11.3 Å². The zero-order valence-corrected chi connectivity index (χ0v) is 20.9. The number of aromatic nitrogens is 2. The van der Waals surface area contributed by atoms with Crippen LogP contribution < -0.4 is 5.32 Å². The van der Waals surface area contributed by atoms with Crippen molar-refractivity contribution in [1.82, 2.24) is 19.4 Å². The van der Waals surface area contributed by atoms with Crippen LogP contribution in [0.15, 0.2) is 16.3 Å². The van der Waals surface area contributed by atoms with Gasteiger partial charge in [0, 0.05) is 37.8 Å². The van der Waals surface area contributed by atoms with Crippen molar-refractivity contribution in [3.63, 3.8) is 0 Å². The van der Waals surface area contributed by atoms with Crippen LogP contribution in [0.5, 0.6) is 0 Å². The highest BCUT2D eigenvalue weighted by Crippen LogP contribution is 2.32. The van der Waals surface area contributed by atoms with Crippen molar-refractivity contribution < 1.29 is 13.2 Å². The third-order valence-corrected chi connectivity index (χ3v) is 9.86. The van der Waals surface area contributed by atoms with Gasteiger partial charge in [0.15, 0.2) is 0 Å². The van der Waals surface area contributed by atoms with Crippen molar-refractivity contribution in [2.75, 3.05) is 19.6 Å². The van der Waals surface area contributed by atoms with E-state index in [1.165, 1.54) is 9.87 Å². The molecule has 1 fully saturated rings. The van der Waals surface area contributed by atoms with Crippen molar-refractivity contribution in [3.05, 3.63) is 33.4 Å². The standard InChI is InChI=1S/C21H31ClN4O3S2/c1-5-26-16(4)18(15(3)24-26)8-11-23-21(27)14(2)17-9-12-25(13-10-17)31(28,29)20-7-6-19(22)30-20/h6-7,14,17H,5,8-13H2,1-4H3,(H,23,27). The summed E-state index contributed by atoms with van der Waals surface area (Å²) >= 11 is 6.98. The van der Waals surface area contributed by atoms with Gasteiger partial charge in [-0.3, -0.25) is 9.48 Å². The molecule has 0 saturated carbocycles. The van der Waals surface area contributed by atoms with Gasteiger partial charge in [0.1, 0.15) is 4.21 Å². The monoisotopic (exact) mass is 486 g/mol. The Labute approximate surface area is 193 Å². The molecule has 0 spiro atoms. The van der Waals surface area contributed by atoms with Crippen LogP contribution in [-0.4, -0.2) is 48.0 Å². The average Bonchev–Trinajstić information content (AvgIpc) is 3.31. The maximum Gasteiger partial charge on any atom is 0.252 e. The normalized spacial score (nSPS) is 17.1. The summed E-state index contributed by atoms with van der Waals surface area (Å²) in [5.41, 5.74) is 3.37. The lowest BCUT2D eigenvalue weighted by Gasteiger charge is -2.33. The van der Waals surface area contributed by atoms with Gasteiger partial charge in [-0.2, -0.15) is 9.40 Å². The van der Waals surface area contributed by atoms with E-state index < -0.39 is 10.0 Å². The number of aryl methyl sites for hydroxylation is 2. The summed E-state index contributed by atoms with van der Waals surface area (Å²) in [5.74, 6) is 0.0517. The second-order valence-corrected chi connectivity index (χ2v) is 12.0. The Morgan fingerprint density at radius 1 is 1.32 bits per heavy atom. The number of sulfonamides is 1. The van der Waals surface area contributed by atoms with E-state index in [-0.39, 0.29) is 22.0 Å². The number of carbonyl (C=O) groups is 1. The Morgan fingerprint density at radius 2 is 2.00 bits per heavy atom. The second kappa shape index (κ2) is 10.0. The second-order valence-electron chi connectivity index (χ2n) is 8.09. The topological polar surface area (TPSA) is 84.3 Å². The van der Waals surface area contributed by atoms with Gasteiger partial charge in [0.25, 0.3) is 10.0 Å². The molecule has 1 aliphatic rings. The molecule has 1 unspecified atom stereocenters. The summed E-state index contributed by atoms with van der Waals surface area (Å²) in [7, 11) is -3.50. The Morgan fingerprint density at radius 3 is 2.55 bits per heavy atom. The van der Waals surface area contributed by atoms with Gasteiger partial charge in [-0.1, -0.05) is 18.5 Å². The maximum atomic E-state index is 12.8. The van der Waals surface area contributed by atoms with E-state index in [9.17, 15) is 13.2 Å². The van der Waals surface area contributed by atoms with Gasteiger partial charge >= 0.3 is 0 Å². The minimum Gasteiger partial charge on any atom is -0.356 e. The van der Waals surface area contributed by atoms with Crippen molar-refractivity contribution in [1.29, 1.82) is 0 Å². The van der Waals surface area contributed by atoms with Gasteiger partial charge in [-0.05, 0) is 63.6 Å². The number of hydrogen-bond donors (Lipinski definition) is 1. The number of hydrogen-bond acceptors (Lipinski definition) is 5. The summed E-state index contributed by atoms with van der Waals surface area (Å²) in [4.78, 5) is 12.7. The first-order valence-electron chi connectivity index (χ1n) is 10.7. The van der Waals surface area contributed by atoms with E-state index >= 15 is 0 Å². The van der Waals surface area contributed by atoms with Gasteiger partial charge in [0.2, 0.25) is 5.91 Å². The van der Waals surface area contributed by atoms with E-state index in [4.69, 9.17) is 11.6 Å². The molecule has 172 valence electrons. The number of nitrogens with zero attached hydrogens (tertiary/aromatic N) is 3. The zero-order chi connectivity index (χ0) is 22.8. The quantitative estimate of drug-likeness (QED) is 0.617. The highest BCUT2D eigenvalue weighted by Gasteiger charge is 2.34. The molecule has 0 aromatic carbocycles. The highest BCUT2D eigenvalue weighted by molar-refractivity contribution is 7.91. The molecule has 10 heteroatoms. The Kier molecular flexibility index (Phi) is 7.83. The Hall–Kier alpha value is -1.42. The smallest absolute Gasteiger partial charge is 0.252 e. The van der Waals surface area contributed by atoms with Crippen LogP contribution in [0.25, 0.3) is 0 Å². The first kappa shape index (κ1) is 24.2. The lowest BCUT2D eigenvalue weighted by atomic mass is 9.85. The molecular formula is C21H31ClN4O3S2. The summed E-state index contributed by atoms with van der Waals surface area (Å²) in [6.45, 7) is 10.3. The third kappa shape index (κ3) is 5.32. The van der Waals surface area contributed by atoms with E-state index in [1.54, 1.807) is 12.1 Å². The molecule has 1 aliphatic heterocycles. The summed E-state index contributed by atoms with van der Waals surface area (Å²) in [6, 6.07) is 3.16. The van der Waals surface area contributed by atoms with Crippen LogP contribution in [0, 0.1) is 25.7 Å². The number of carbonyl (C=O) groups excluding carboxylic acids is 1. The van der Waals surface area contributed by atoms with Crippen molar-refractivity contribution in [2.45, 2.75) is 57.7 Å². The lowest BCUT2D eigenvalue weighted by molar-refractivity contribution is -0.126. The highest BCUT2D eigenvalue weighted by atomic mass is 35.5. The van der Waals surface area contributed by atoms with Gasteiger partial charge < -0.3 is 5.32 Å². The van der Waals surface area contributed by atoms with E-state index in [2.05, 4.69) is 24.3 Å². The fourth-order valence-electron chi connectivity index (χ4n) is 4.27. The molecule has 1 saturated heterocycles. The fraction of sp³-hybridized carbons (Fsp3) is 0.619. The van der Waals surface area contributed by atoms with Crippen LogP contribution in [0.4, 0.5) is 0 Å². The third-order valence-electron chi connectivity index (χ3n) is 6.27. The van der Waals surface area contributed by atoms with Crippen LogP contribution in [-0.2, 0) is 27.8 Å². The van der Waals surface area contributed by atoms with Gasteiger partial charge in [-0.25, -0.2) is 8.42 Å². The lowest BCUT2D eigenvalue weighted by Crippen LogP contribution is -2.42. The van der Waals surface area contributed by atoms with Crippen LogP contribution in [0.2, 0.25) is 4.34 Å². The molecule has 0 radical (unpaired) electrons. The predicted molar refractivity (Wildman–Crippen MR) is 124 cm³/mol. The molecule has 3 rings (SSSR count). The first-order valence-corrected chi connectivity index (χ1v) is 13.3. The van der Waals surface area contributed by atoms with Crippen molar-refractivity contribution >= 4 is 38.9 Å².